The zero-order valence-electron chi connectivity index (χ0n) is 18.5. The van der Waals surface area contributed by atoms with Crippen LogP contribution in [0.1, 0.15) is 5.56 Å². The van der Waals surface area contributed by atoms with Crippen molar-refractivity contribution in [1.29, 1.82) is 0 Å². The Morgan fingerprint density at radius 2 is 2.00 bits per heavy atom. The number of anilines is 1. The van der Waals surface area contributed by atoms with E-state index in [2.05, 4.69) is 96.3 Å². The predicted molar refractivity (Wildman–Crippen MR) is 138 cm³/mol. The first-order valence-corrected chi connectivity index (χ1v) is 12.3. The molecule has 160 valence electrons. The second-order valence-electron chi connectivity index (χ2n) is 7.20. The maximum Gasteiger partial charge on any atom is 0.297 e. The summed E-state index contributed by atoms with van der Waals surface area (Å²) in [7, 11) is 6.31. The molecule has 1 aromatic heterocycles. The Labute approximate surface area is 194 Å². The van der Waals surface area contributed by atoms with E-state index in [9.17, 15) is 0 Å². The summed E-state index contributed by atoms with van der Waals surface area (Å²) in [6.45, 7) is 4.82. The molecule has 2 N–H and O–H groups in total. The number of hydrogen-bond donors (Lipinski definition) is 1. The number of nitrogens with zero attached hydrogens (tertiary/aromatic N) is 2. The van der Waals surface area contributed by atoms with Gasteiger partial charge in [-0.25, -0.2) is 0 Å². The van der Waals surface area contributed by atoms with Crippen molar-refractivity contribution in [2.24, 2.45) is 7.05 Å². The molecule has 0 spiro atoms. The Hall–Kier alpha value is -2.60. The molecule has 0 radical (unpaired) electrons. The van der Waals surface area contributed by atoms with Crippen molar-refractivity contribution in [2.45, 2.75) is 4.34 Å². The molecule has 0 fully saturated rings. The summed E-state index contributed by atoms with van der Waals surface area (Å²) in [4.78, 5) is 2.36. The van der Waals surface area contributed by atoms with Crippen molar-refractivity contribution in [3.05, 3.63) is 96.2 Å². The Morgan fingerprint density at radius 3 is 2.71 bits per heavy atom. The number of fused-ring (bicyclic) bond motifs is 1. The largest absolute Gasteiger partial charge is 0.373 e. The van der Waals surface area contributed by atoms with Gasteiger partial charge < -0.3 is 10.2 Å². The van der Waals surface area contributed by atoms with Gasteiger partial charge in [0.1, 0.15) is 7.05 Å². The van der Waals surface area contributed by atoms with Crippen molar-refractivity contribution >= 4 is 45.6 Å². The van der Waals surface area contributed by atoms with Crippen LogP contribution < -0.4 is 14.8 Å². The van der Waals surface area contributed by atoms with Crippen LogP contribution >= 0.6 is 23.1 Å². The third-order valence-corrected chi connectivity index (χ3v) is 7.30. The zero-order chi connectivity index (χ0) is 22.1. The molecule has 3 rings (SSSR count). The highest BCUT2D eigenvalue weighted by atomic mass is 32.2. The average molecular weight is 450 g/mol. The summed E-state index contributed by atoms with van der Waals surface area (Å²) in [6.07, 6.45) is 14.4. The van der Waals surface area contributed by atoms with Crippen LogP contribution in [0, 0.1) is 0 Å². The normalized spacial score (nSPS) is 12.3. The quantitative estimate of drug-likeness (QED) is 0.273. The van der Waals surface area contributed by atoms with E-state index in [1.807, 2.05) is 42.5 Å². The molecule has 0 amide bonds. The molecule has 0 unspecified atom stereocenters. The average Bonchev–Trinajstić information content (AvgIpc) is 3.20. The van der Waals surface area contributed by atoms with Crippen LogP contribution in [0.5, 0.6) is 0 Å². The number of aryl methyl sites for hydroxylation is 1. The first kappa shape index (κ1) is 23.1. The Bertz CT molecular complexity index is 1110. The van der Waals surface area contributed by atoms with Crippen molar-refractivity contribution in [3.63, 3.8) is 0 Å². The van der Waals surface area contributed by atoms with Crippen molar-refractivity contribution in [3.8, 4) is 0 Å². The molecule has 3 aromatic rings. The minimum absolute atomic E-state index is 0.992. The molecule has 0 bridgehead atoms. The van der Waals surface area contributed by atoms with E-state index in [1.54, 1.807) is 11.3 Å². The lowest BCUT2D eigenvalue weighted by molar-refractivity contribution is -0.702. The number of thioether (sulfide) groups is 1. The number of quaternary nitrogens is 1. The van der Waals surface area contributed by atoms with Crippen molar-refractivity contribution < 1.29 is 9.88 Å². The van der Waals surface area contributed by atoms with Gasteiger partial charge in [-0.2, -0.15) is 4.57 Å². The fourth-order valence-corrected chi connectivity index (χ4v) is 5.41. The van der Waals surface area contributed by atoms with Crippen molar-refractivity contribution in [2.75, 3.05) is 31.3 Å². The minimum atomic E-state index is 0.992. The van der Waals surface area contributed by atoms with Gasteiger partial charge in [0.15, 0.2) is 6.20 Å². The van der Waals surface area contributed by atoms with Crippen LogP contribution in [0.3, 0.4) is 0 Å². The highest BCUT2D eigenvalue weighted by Gasteiger charge is 2.11. The number of benzene rings is 2. The van der Waals surface area contributed by atoms with Gasteiger partial charge in [0.2, 0.25) is 0 Å². The SMILES string of the molecule is C=C/C=C(\C=C/[NH2+]C)/C=C/c1ccc(N(C)CCSc2scc[n+]2C)c2ccccc12. The van der Waals surface area contributed by atoms with E-state index < -0.39 is 0 Å². The van der Waals surface area contributed by atoms with Gasteiger partial charge in [-0.05, 0) is 40.4 Å². The second kappa shape index (κ2) is 11.7. The Kier molecular flexibility index (Phi) is 8.71. The zero-order valence-corrected chi connectivity index (χ0v) is 20.1. The van der Waals surface area contributed by atoms with E-state index in [0.717, 1.165) is 17.9 Å². The van der Waals surface area contributed by atoms with Gasteiger partial charge in [0.25, 0.3) is 4.34 Å². The maximum atomic E-state index is 3.83. The van der Waals surface area contributed by atoms with E-state index in [1.165, 1.54) is 26.4 Å². The van der Waals surface area contributed by atoms with Crippen LogP contribution in [0.25, 0.3) is 16.8 Å². The minimum Gasteiger partial charge on any atom is -0.373 e. The van der Waals surface area contributed by atoms with Crippen molar-refractivity contribution in [1.82, 2.24) is 0 Å². The third kappa shape index (κ3) is 6.20. The van der Waals surface area contributed by atoms with Gasteiger partial charge in [-0.1, -0.05) is 72.6 Å². The number of hydrogen-bond acceptors (Lipinski definition) is 3. The standard InChI is InChI=1S/C26H30N3S2/c1-5-8-21(15-16-27-2)11-12-22-13-14-25(24-10-7-6-9-23(22)24)28(3)17-19-30-26-29(4)18-20-31-26/h5-16,18,20,27H,1,17,19H2,2-4H3/q+1/p+1/b12-11+,16-15-,21-8-. The summed E-state index contributed by atoms with van der Waals surface area (Å²) in [5.41, 5.74) is 3.61. The number of nitrogens with two attached hydrogens (primary N) is 1. The molecule has 0 aliphatic carbocycles. The molecule has 0 saturated carbocycles. The second-order valence-corrected chi connectivity index (χ2v) is 9.43. The number of aromatic nitrogens is 1. The monoisotopic (exact) mass is 449 g/mol. The topological polar surface area (TPSA) is 23.7 Å². The lowest BCUT2D eigenvalue weighted by Gasteiger charge is -2.21. The molecule has 3 nitrogen and oxygen atoms in total. The fourth-order valence-electron chi connectivity index (χ4n) is 3.33. The molecule has 0 saturated heterocycles. The molecule has 1 heterocycles. The van der Waals surface area contributed by atoms with E-state index >= 15 is 0 Å². The highest BCUT2D eigenvalue weighted by Crippen LogP contribution is 2.30. The van der Waals surface area contributed by atoms with Crippen LogP contribution in [0.4, 0.5) is 5.69 Å². The lowest BCUT2D eigenvalue weighted by Crippen LogP contribution is -2.72. The summed E-state index contributed by atoms with van der Waals surface area (Å²) in [6, 6.07) is 13.1. The van der Waals surface area contributed by atoms with Gasteiger partial charge in [0.05, 0.1) is 18.6 Å². The smallest absolute Gasteiger partial charge is 0.297 e. The van der Waals surface area contributed by atoms with E-state index in [-0.39, 0.29) is 0 Å². The van der Waals surface area contributed by atoms with Crippen LogP contribution in [0.2, 0.25) is 0 Å². The third-order valence-electron chi connectivity index (χ3n) is 4.99. The first-order valence-electron chi connectivity index (χ1n) is 10.4. The van der Waals surface area contributed by atoms with Crippen LogP contribution in [0.15, 0.2) is 95.0 Å². The molecular formula is C26H31N3S2+2. The molecule has 5 heteroatoms. The van der Waals surface area contributed by atoms with Gasteiger partial charge in [-0.15, -0.1) is 0 Å². The molecule has 2 aromatic carbocycles. The Morgan fingerprint density at radius 1 is 1.19 bits per heavy atom. The van der Waals surface area contributed by atoms with Gasteiger partial charge >= 0.3 is 0 Å². The van der Waals surface area contributed by atoms with Gasteiger partial charge in [-0.3, -0.25) is 0 Å². The van der Waals surface area contributed by atoms with E-state index in [4.69, 9.17) is 0 Å². The summed E-state index contributed by atoms with van der Waals surface area (Å²) < 4.78 is 3.53. The Balaban J connectivity index is 1.81. The fraction of sp³-hybridized carbons (Fsp3) is 0.192. The lowest BCUT2D eigenvalue weighted by atomic mass is 10.0. The molecular weight excluding hydrogens is 418 g/mol. The van der Waals surface area contributed by atoms with Crippen LogP contribution in [-0.4, -0.2) is 26.4 Å². The number of rotatable bonds is 10. The first-order chi connectivity index (χ1) is 15.1. The summed E-state index contributed by atoms with van der Waals surface area (Å²) >= 11 is 3.71. The maximum absolute atomic E-state index is 3.83. The summed E-state index contributed by atoms with van der Waals surface area (Å²) in [5.74, 6) is 1.05. The molecule has 0 atom stereocenters. The molecule has 0 aliphatic heterocycles. The molecule has 0 aliphatic rings. The van der Waals surface area contributed by atoms with Crippen LogP contribution in [-0.2, 0) is 7.05 Å². The van der Waals surface area contributed by atoms with E-state index in [0.29, 0.717) is 0 Å². The summed E-state index contributed by atoms with van der Waals surface area (Å²) in [5, 5.41) is 6.72. The van der Waals surface area contributed by atoms with Gasteiger partial charge in [0, 0.05) is 30.4 Å². The molecule has 31 heavy (non-hydrogen) atoms. The number of thiazole rings is 1. The highest BCUT2D eigenvalue weighted by molar-refractivity contribution is 8.00. The number of allylic oxidation sites excluding steroid dienone is 5. The predicted octanol–water partition coefficient (Wildman–Crippen LogP) is 4.79.